The number of hydrogen-bond donors (Lipinski definition) is 1. The van der Waals surface area contributed by atoms with Gasteiger partial charge in [-0.3, -0.25) is 19.4 Å². The lowest BCUT2D eigenvalue weighted by Crippen LogP contribution is -2.50. The van der Waals surface area contributed by atoms with Gasteiger partial charge in [0.2, 0.25) is 11.8 Å². The average molecular weight is 1620 g/mol. The summed E-state index contributed by atoms with van der Waals surface area (Å²) in [4.78, 5) is 36.1. The van der Waals surface area contributed by atoms with Gasteiger partial charge in [0, 0.05) is 125 Å². The number of piperazine rings is 1. The SMILES string of the molecule is CC(C)(C)CCOCCOCCOCCOCCNC(=O)CSC(C)(C)CN1CCN(CCOC(C)(C)C)CC1.CN(CCOC(C)(C)C)CC(C)(C)SCC(=O)N(C)CCOCCOCCOCCOCCC(C)(C)C.CN(CCOC(C)(C)C)CC(C)(C)SCCOCCOCCOCCOCCC(C)(C)C. The minimum atomic E-state index is -0.116. The van der Waals surface area contributed by atoms with Crippen LogP contribution >= 0.6 is 35.3 Å². The molecule has 0 bridgehead atoms. The van der Waals surface area contributed by atoms with E-state index in [4.69, 9.17) is 71.1 Å². The van der Waals surface area contributed by atoms with Gasteiger partial charge in [0.05, 0.1) is 187 Å². The van der Waals surface area contributed by atoms with E-state index in [2.05, 4.69) is 205 Å². The molecule has 1 aliphatic rings. The van der Waals surface area contributed by atoms with Crippen LogP contribution in [0.2, 0.25) is 0 Å². The second kappa shape index (κ2) is 63.3. The number of nitrogens with zero attached hydrogens (tertiary/aromatic N) is 5. The third-order valence-corrected chi connectivity index (χ3v) is 20.0. The first kappa shape index (κ1) is 110. The molecule has 2 amide bonds. The molecule has 654 valence electrons. The van der Waals surface area contributed by atoms with Crippen LogP contribution in [0.4, 0.5) is 0 Å². The molecule has 23 nitrogen and oxygen atoms in total. The molecule has 109 heavy (non-hydrogen) atoms. The van der Waals surface area contributed by atoms with Gasteiger partial charge < -0.3 is 91.1 Å². The van der Waals surface area contributed by atoms with Gasteiger partial charge in [-0.2, -0.15) is 11.8 Å². The summed E-state index contributed by atoms with van der Waals surface area (Å²) in [5.41, 5.74) is 0.671. The highest BCUT2D eigenvalue weighted by Crippen LogP contribution is 2.28. The maximum atomic E-state index is 12.5. The number of hydrogen-bond acceptors (Lipinski definition) is 24. The van der Waals surface area contributed by atoms with E-state index in [1.807, 2.05) is 18.8 Å². The number of rotatable bonds is 64. The Morgan fingerprint density at radius 1 is 0.330 bits per heavy atom. The van der Waals surface area contributed by atoms with E-state index in [1.165, 1.54) is 0 Å². The number of thioether (sulfide) groups is 3. The van der Waals surface area contributed by atoms with Gasteiger partial charge in [-0.25, -0.2) is 0 Å². The molecule has 0 radical (unpaired) electrons. The summed E-state index contributed by atoms with van der Waals surface area (Å²) in [5.74, 6) is 2.08. The zero-order valence-electron chi connectivity index (χ0n) is 75.2. The Kier molecular flexibility index (Phi) is 64.1. The zero-order valence-corrected chi connectivity index (χ0v) is 77.7. The Hall–Kier alpha value is -0.770. The molecule has 1 rings (SSSR count). The maximum absolute atomic E-state index is 12.5. The normalized spacial score (nSPS) is 14.2. The van der Waals surface area contributed by atoms with Crippen molar-refractivity contribution in [1.29, 1.82) is 0 Å². The molecule has 0 aliphatic carbocycles. The van der Waals surface area contributed by atoms with Crippen LogP contribution < -0.4 is 5.32 Å². The number of carbonyl (C=O) groups excluding carboxylic acids is 2. The van der Waals surface area contributed by atoms with Crippen molar-refractivity contribution < 1.29 is 80.6 Å². The molecule has 1 N–H and O–H groups in total. The van der Waals surface area contributed by atoms with Crippen molar-refractivity contribution in [3.05, 3.63) is 0 Å². The molecular weight excluding hydrogens is 1450 g/mol. The second-order valence-electron chi connectivity index (χ2n) is 36.6. The van der Waals surface area contributed by atoms with Gasteiger partial charge in [-0.1, -0.05) is 62.3 Å². The van der Waals surface area contributed by atoms with Crippen LogP contribution in [-0.2, 0) is 80.6 Å². The summed E-state index contributed by atoms with van der Waals surface area (Å²) in [7, 11) is 6.09. The van der Waals surface area contributed by atoms with E-state index < -0.39 is 0 Å². The minimum absolute atomic E-state index is 0.0195. The Morgan fingerprint density at radius 2 is 0.633 bits per heavy atom. The molecule has 0 unspecified atom stereocenters. The van der Waals surface area contributed by atoms with Crippen LogP contribution in [0.1, 0.15) is 185 Å². The van der Waals surface area contributed by atoms with Crippen molar-refractivity contribution in [2.75, 3.05) is 295 Å². The molecular formula is C83H172N6O17S3. The van der Waals surface area contributed by atoms with Crippen LogP contribution in [-0.4, -0.2) is 363 Å². The van der Waals surface area contributed by atoms with Gasteiger partial charge in [0.15, 0.2) is 0 Å². The lowest BCUT2D eigenvalue weighted by Gasteiger charge is -2.38. The first-order valence-corrected chi connectivity index (χ1v) is 43.7. The average Bonchev–Trinajstić information content (AvgIpc) is 0.877. The first-order valence-electron chi connectivity index (χ1n) is 40.8. The van der Waals surface area contributed by atoms with Crippen molar-refractivity contribution in [3.63, 3.8) is 0 Å². The Bertz CT molecular complexity index is 2120. The predicted molar refractivity (Wildman–Crippen MR) is 457 cm³/mol. The van der Waals surface area contributed by atoms with Crippen LogP contribution in [0.25, 0.3) is 0 Å². The quantitative estimate of drug-likeness (QED) is 0.0563. The van der Waals surface area contributed by atoms with E-state index in [9.17, 15) is 9.59 Å². The summed E-state index contributed by atoms with van der Waals surface area (Å²) in [5, 5.41) is 2.95. The van der Waals surface area contributed by atoms with Crippen molar-refractivity contribution >= 4 is 47.1 Å². The lowest BCUT2D eigenvalue weighted by molar-refractivity contribution is -0.127. The van der Waals surface area contributed by atoms with Crippen LogP contribution in [0.3, 0.4) is 0 Å². The van der Waals surface area contributed by atoms with E-state index in [-0.39, 0.29) is 42.9 Å². The van der Waals surface area contributed by atoms with E-state index in [0.717, 1.165) is 130 Å². The van der Waals surface area contributed by atoms with Gasteiger partial charge in [0.25, 0.3) is 0 Å². The van der Waals surface area contributed by atoms with Gasteiger partial charge in [-0.15, -0.1) is 23.5 Å². The molecule has 1 fully saturated rings. The molecule has 1 aliphatic heterocycles. The fraction of sp³-hybridized carbons (Fsp3) is 0.976. The van der Waals surface area contributed by atoms with Gasteiger partial charge in [-0.05, 0) is 153 Å². The summed E-state index contributed by atoms with van der Waals surface area (Å²) in [6.07, 6.45) is 3.16. The van der Waals surface area contributed by atoms with E-state index in [1.54, 1.807) is 28.4 Å². The highest BCUT2D eigenvalue weighted by molar-refractivity contribution is 8.01. The number of likely N-dealkylation sites (N-methyl/N-ethyl adjacent to an activating group) is 3. The standard InChI is InChI=1S/C30H61N3O6S.C28H58N2O6S.C25H53NO5S/c1-28(2,3)9-16-35-19-21-37-23-24-38-22-20-36-17-10-31-27(34)25-40-30(7,8)26-33-13-11-32(12-14-33)15-18-39-29(4,5)6;1-26(2,3)11-14-32-17-19-34-21-22-35-20-18-33-15-13-30(10)25(31)23-37-28(7,8)24-29(9)12-16-36-27(4,5)6;1-23(2,3)10-12-27-14-15-28-16-17-29-18-19-30-20-21-32-25(7,8)22-26(9)11-13-31-24(4,5)6/h9-26H2,1-8H3,(H,31,34);11-24H2,1-10H3;10-22H2,1-9H3. The van der Waals surface area contributed by atoms with Crippen molar-refractivity contribution in [2.24, 2.45) is 16.2 Å². The highest BCUT2D eigenvalue weighted by Gasteiger charge is 2.28. The topological polar surface area (TPSA) is 201 Å². The third kappa shape index (κ3) is 84.9. The second-order valence-corrected chi connectivity index (χ2v) is 41.8. The summed E-state index contributed by atoms with van der Waals surface area (Å²) in [6.45, 7) is 79.8. The van der Waals surface area contributed by atoms with Gasteiger partial charge >= 0.3 is 0 Å². The van der Waals surface area contributed by atoms with Crippen molar-refractivity contribution in [1.82, 2.24) is 29.8 Å². The number of amides is 2. The van der Waals surface area contributed by atoms with Crippen molar-refractivity contribution in [3.8, 4) is 0 Å². The van der Waals surface area contributed by atoms with Crippen molar-refractivity contribution in [2.45, 2.75) is 216 Å². The first-order chi connectivity index (χ1) is 50.7. The van der Waals surface area contributed by atoms with Crippen LogP contribution in [0, 0.1) is 16.2 Å². The lowest BCUT2D eigenvalue weighted by atomic mass is 9.93. The van der Waals surface area contributed by atoms with Crippen LogP contribution in [0.5, 0.6) is 0 Å². The molecule has 0 spiro atoms. The minimum Gasteiger partial charge on any atom is -0.379 e. The fourth-order valence-electron chi connectivity index (χ4n) is 9.87. The third-order valence-electron chi connectivity index (χ3n) is 16.1. The van der Waals surface area contributed by atoms with Gasteiger partial charge in [0.1, 0.15) is 0 Å². The number of ether oxygens (including phenoxy) is 15. The molecule has 1 saturated heterocycles. The summed E-state index contributed by atoms with van der Waals surface area (Å²) in [6, 6.07) is 0. The molecule has 1 heterocycles. The van der Waals surface area contributed by atoms with Crippen LogP contribution in [0.15, 0.2) is 0 Å². The number of nitrogens with one attached hydrogen (secondary N) is 1. The smallest absolute Gasteiger partial charge is 0.232 e. The molecule has 0 aromatic carbocycles. The summed E-state index contributed by atoms with van der Waals surface area (Å²) >= 11 is 5.36. The molecule has 0 aromatic heterocycles. The molecule has 0 aromatic rings. The Morgan fingerprint density at radius 3 is 0.991 bits per heavy atom. The fourth-order valence-corrected chi connectivity index (χ4v) is 12.9. The predicted octanol–water partition coefficient (Wildman–Crippen LogP) is 12.5. The number of carbonyl (C=O) groups is 2. The Labute approximate surface area is 681 Å². The summed E-state index contributed by atoms with van der Waals surface area (Å²) < 4.78 is 84.3. The molecule has 0 saturated carbocycles. The zero-order chi connectivity index (χ0) is 82.8. The maximum Gasteiger partial charge on any atom is 0.232 e. The molecule has 26 heteroatoms. The van der Waals surface area contributed by atoms with E-state index >= 15 is 0 Å². The monoisotopic (exact) mass is 1620 g/mol. The Balaban J connectivity index is 0. The van der Waals surface area contributed by atoms with E-state index in [0.29, 0.717) is 180 Å². The highest BCUT2D eigenvalue weighted by atomic mass is 32.2. The largest absolute Gasteiger partial charge is 0.379 e. The molecule has 0 atom stereocenters.